The number of hydrazone groups is 2. The van der Waals surface area contributed by atoms with Crippen LogP contribution in [0.4, 0.5) is 10.5 Å². The van der Waals surface area contributed by atoms with Crippen LogP contribution >= 0.6 is 27.7 Å². The largest absolute Gasteiger partial charge is 0.444 e. The standard InChI is InChI=1S/C40H30BrN5O2S/c41-30-18-21-37-32(23-30)36-25-34(28-12-6-2-7-13-28)44-46(36)40(48-37)38(49-39(47)42-40)22-26-16-19-31(20-17-26)45-35(29-14-8-3-9-15-29)24-33(43-45)27-10-4-1-5-11-27/h1-23,35-36H,24-25H2,(H,42,47)/b38-22-. The first-order chi connectivity index (χ1) is 24.0. The predicted octanol–water partition coefficient (Wildman–Crippen LogP) is 9.50. The summed E-state index contributed by atoms with van der Waals surface area (Å²) in [5.41, 5.74) is 8.38. The summed E-state index contributed by atoms with van der Waals surface area (Å²) in [6.45, 7) is 0. The van der Waals surface area contributed by atoms with Gasteiger partial charge in [-0.1, -0.05) is 119 Å². The highest BCUT2D eigenvalue weighted by Gasteiger charge is 2.58. The molecule has 49 heavy (non-hydrogen) atoms. The van der Waals surface area contributed by atoms with Crippen LogP contribution in [0.1, 0.15) is 52.7 Å². The van der Waals surface area contributed by atoms with Gasteiger partial charge in [-0.3, -0.25) is 15.1 Å². The third-order valence-corrected chi connectivity index (χ3v) is 10.8. The predicted molar refractivity (Wildman–Crippen MR) is 199 cm³/mol. The van der Waals surface area contributed by atoms with Gasteiger partial charge in [0.1, 0.15) is 5.75 Å². The number of nitrogens with zero attached hydrogens (tertiary/aromatic N) is 4. The fourth-order valence-electron chi connectivity index (χ4n) is 7.06. The average Bonchev–Trinajstić information content (AvgIpc) is 3.87. The highest BCUT2D eigenvalue weighted by atomic mass is 79.9. The number of nitrogens with one attached hydrogen (secondary N) is 1. The Bertz CT molecular complexity index is 2160. The number of ether oxygens (including phenoxy) is 1. The maximum atomic E-state index is 13.2. The van der Waals surface area contributed by atoms with Crippen LogP contribution in [0.25, 0.3) is 6.08 Å². The molecular formula is C40H30BrN5O2S. The van der Waals surface area contributed by atoms with Gasteiger partial charge in [0.15, 0.2) is 0 Å². The first-order valence-corrected chi connectivity index (χ1v) is 17.8. The second kappa shape index (κ2) is 12.1. The molecule has 3 atom stereocenters. The molecule has 9 rings (SSSR count). The van der Waals surface area contributed by atoms with Gasteiger partial charge in [0.05, 0.1) is 34.1 Å². The van der Waals surface area contributed by atoms with Gasteiger partial charge < -0.3 is 4.74 Å². The monoisotopic (exact) mass is 723 g/mol. The normalized spacial score (nSPS) is 23.2. The second-order valence-corrected chi connectivity index (χ2v) is 14.3. The number of benzene rings is 5. The fraction of sp³-hybridized carbons (Fsp3) is 0.125. The topological polar surface area (TPSA) is 69.5 Å². The Balaban J connectivity index is 1.08. The molecule has 1 amide bonds. The third kappa shape index (κ3) is 5.34. The third-order valence-electron chi connectivity index (χ3n) is 9.39. The molecule has 4 aliphatic heterocycles. The van der Waals surface area contributed by atoms with Crippen LogP contribution in [0.5, 0.6) is 5.75 Å². The van der Waals surface area contributed by atoms with Gasteiger partial charge in [-0.05, 0) is 70.4 Å². The van der Waals surface area contributed by atoms with E-state index in [0.717, 1.165) is 72.7 Å². The minimum absolute atomic E-state index is 0.0793. The van der Waals surface area contributed by atoms with Crippen molar-refractivity contribution in [3.63, 3.8) is 0 Å². The molecule has 240 valence electrons. The molecule has 0 radical (unpaired) electrons. The molecule has 1 N–H and O–H groups in total. The summed E-state index contributed by atoms with van der Waals surface area (Å²) in [6.07, 6.45) is 3.52. The van der Waals surface area contributed by atoms with E-state index in [1.165, 1.54) is 5.56 Å². The second-order valence-electron chi connectivity index (χ2n) is 12.4. The highest BCUT2D eigenvalue weighted by Crippen LogP contribution is 2.53. The van der Waals surface area contributed by atoms with Crippen molar-refractivity contribution < 1.29 is 9.53 Å². The first-order valence-electron chi connectivity index (χ1n) is 16.2. The number of carbonyl (C=O) groups is 1. The molecule has 1 spiro atoms. The molecule has 1 fully saturated rings. The zero-order valence-corrected chi connectivity index (χ0v) is 28.6. The number of thioether (sulfide) groups is 1. The molecule has 4 aliphatic rings. The smallest absolute Gasteiger partial charge is 0.314 e. The fourth-order valence-corrected chi connectivity index (χ4v) is 8.34. The van der Waals surface area contributed by atoms with Gasteiger partial charge in [-0.2, -0.15) is 10.2 Å². The summed E-state index contributed by atoms with van der Waals surface area (Å²) in [6, 6.07) is 45.4. The van der Waals surface area contributed by atoms with E-state index in [9.17, 15) is 4.79 Å². The van der Waals surface area contributed by atoms with Gasteiger partial charge in [-0.25, -0.2) is 5.01 Å². The Morgan fingerprint density at radius 2 is 1.41 bits per heavy atom. The molecule has 0 aromatic heterocycles. The number of carbonyl (C=O) groups excluding carboxylic acids is 1. The zero-order chi connectivity index (χ0) is 33.0. The van der Waals surface area contributed by atoms with Crippen molar-refractivity contribution in [2.24, 2.45) is 10.2 Å². The summed E-state index contributed by atoms with van der Waals surface area (Å²) in [4.78, 5) is 13.9. The van der Waals surface area contributed by atoms with E-state index < -0.39 is 5.85 Å². The van der Waals surface area contributed by atoms with Crippen molar-refractivity contribution in [2.45, 2.75) is 30.8 Å². The Hall–Kier alpha value is -5.12. The summed E-state index contributed by atoms with van der Waals surface area (Å²) in [7, 11) is 0. The van der Waals surface area contributed by atoms with Crippen LogP contribution in [-0.4, -0.2) is 27.5 Å². The van der Waals surface area contributed by atoms with E-state index in [4.69, 9.17) is 14.9 Å². The van der Waals surface area contributed by atoms with Crippen LogP contribution in [0.15, 0.2) is 153 Å². The van der Waals surface area contributed by atoms with Gasteiger partial charge in [0.2, 0.25) is 0 Å². The number of anilines is 1. The molecule has 7 nitrogen and oxygen atoms in total. The van der Waals surface area contributed by atoms with Gasteiger partial charge >= 0.3 is 5.85 Å². The summed E-state index contributed by atoms with van der Waals surface area (Å²) in [5, 5.41) is 17.3. The average molecular weight is 725 g/mol. The molecule has 0 bridgehead atoms. The lowest BCUT2D eigenvalue weighted by Gasteiger charge is -2.45. The van der Waals surface area contributed by atoms with Crippen LogP contribution in [0.2, 0.25) is 0 Å². The maximum Gasteiger partial charge on any atom is 0.314 e. The van der Waals surface area contributed by atoms with Gasteiger partial charge in [0, 0.05) is 22.9 Å². The van der Waals surface area contributed by atoms with Crippen LogP contribution in [0, 0.1) is 0 Å². The van der Waals surface area contributed by atoms with E-state index in [1.807, 2.05) is 53.5 Å². The lowest BCUT2D eigenvalue weighted by atomic mass is 9.95. The van der Waals surface area contributed by atoms with Crippen molar-refractivity contribution in [1.82, 2.24) is 10.3 Å². The van der Waals surface area contributed by atoms with E-state index in [0.29, 0.717) is 6.42 Å². The number of hydrogen-bond acceptors (Lipinski definition) is 7. The highest BCUT2D eigenvalue weighted by molar-refractivity contribution is 9.10. The molecule has 5 aromatic carbocycles. The summed E-state index contributed by atoms with van der Waals surface area (Å²) in [5.74, 6) is -0.545. The number of halogens is 1. The van der Waals surface area contributed by atoms with E-state index >= 15 is 0 Å². The van der Waals surface area contributed by atoms with Gasteiger partial charge in [-0.15, -0.1) is 0 Å². The minimum atomic E-state index is -1.27. The van der Waals surface area contributed by atoms with Crippen LogP contribution < -0.4 is 15.1 Å². The molecule has 3 unspecified atom stereocenters. The SMILES string of the molecule is O=C1NC2(Oc3ccc(Br)cc3C3CC(c4ccccc4)=NN32)/C(=C/c2ccc(N3N=C(c4ccccc4)CC3c3ccccc3)cc2)S1. The van der Waals surface area contributed by atoms with Crippen molar-refractivity contribution in [3.8, 4) is 5.75 Å². The van der Waals surface area contributed by atoms with Gasteiger partial charge in [0.25, 0.3) is 5.24 Å². The molecule has 0 saturated carbocycles. The number of amides is 1. The zero-order valence-electron chi connectivity index (χ0n) is 26.2. The minimum Gasteiger partial charge on any atom is -0.444 e. The molecule has 1 saturated heterocycles. The van der Waals surface area contributed by atoms with E-state index in [2.05, 4.69) is 117 Å². The Kier molecular flexibility index (Phi) is 7.39. The Morgan fingerprint density at radius 1 is 0.776 bits per heavy atom. The molecule has 0 aliphatic carbocycles. The molecule has 5 aromatic rings. The van der Waals surface area contributed by atoms with Crippen LogP contribution in [-0.2, 0) is 0 Å². The van der Waals surface area contributed by atoms with Crippen molar-refractivity contribution in [1.29, 1.82) is 0 Å². The van der Waals surface area contributed by atoms with Crippen molar-refractivity contribution >= 4 is 56.1 Å². The Morgan fingerprint density at radius 3 is 2.10 bits per heavy atom. The first kappa shape index (κ1) is 30.0. The number of fused-ring (bicyclic) bond motifs is 4. The van der Waals surface area contributed by atoms with Crippen molar-refractivity contribution in [3.05, 3.63) is 171 Å². The maximum absolute atomic E-state index is 13.2. The molecule has 4 heterocycles. The summed E-state index contributed by atoms with van der Waals surface area (Å²) >= 11 is 4.79. The summed E-state index contributed by atoms with van der Waals surface area (Å²) < 4.78 is 7.73. The number of rotatable bonds is 5. The van der Waals surface area contributed by atoms with Crippen LogP contribution in [0.3, 0.4) is 0 Å². The van der Waals surface area contributed by atoms with E-state index in [1.54, 1.807) is 0 Å². The lowest BCUT2D eigenvalue weighted by molar-refractivity contribution is -0.0949. The molecule has 9 heteroatoms. The molecular weight excluding hydrogens is 694 g/mol. The van der Waals surface area contributed by atoms with Crippen molar-refractivity contribution in [2.75, 3.05) is 5.01 Å². The number of hydrogen-bond donors (Lipinski definition) is 1. The van der Waals surface area contributed by atoms with E-state index in [-0.39, 0.29) is 17.3 Å². The quantitative estimate of drug-likeness (QED) is 0.196. The lowest BCUT2D eigenvalue weighted by Crippen LogP contribution is -2.61. The Labute approximate surface area is 297 Å².